The molecule has 0 spiro atoms. The molecule has 0 aromatic heterocycles. The molecule has 3 aromatic carbocycles. The standard InChI is InChI=1S/C21H23N3O2.HI/c1-25-19-10-8-16(12-20(19)26-2)14-24-21(22)23-13-15-7-9-17-5-3-4-6-18(17)11-15;/h3-12H,13-14H2,1-2H3,(H3,22,23,24);1H. The monoisotopic (exact) mass is 477 g/mol. The third kappa shape index (κ3) is 5.50. The molecule has 0 radical (unpaired) electrons. The Morgan fingerprint density at radius 3 is 2.33 bits per heavy atom. The first-order valence-corrected chi connectivity index (χ1v) is 8.42. The number of nitrogens with zero attached hydrogens (tertiary/aromatic N) is 1. The van der Waals surface area contributed by atoms with E-state index in [1.165, 1.54) is 10.8 Å². The highest BCUT2D eigenvalue weighted by Crippen LogP contribution is 2.27. The first-order chi connectivity index (χ1) is 12.7. The van der Waals surface area contributed by atoms with Gasteiger partial charge >= 0.3 is 0 Å². The minimum Gasteiger partial charge on any atom is -0.493 e. The minimum absolute atomic E-state index is 0. The summed E-state index contributed by atoms with van der Waals surface area (Å²) in [6.07, 6.45) is 0. The van der Waals surface area contributed by atoms with Gasteiger partial charge in [0.25, 0.3) is 0 Å². The smallest absolute Gasteiger partial charge is 0.189 e. The molecule has 0 fully saturated rings. The second-order valence-corrected chi connectivity index (χ2v) is 5.93. The van der Waals surface area contributed by atoms with Crippen LogP contribution in [-0.2, 0) is 13.1 Å². The van der Waals surface area contributed by atoms with Gasteiger partial charge in [-0.2, -0.15) is 0 Å². The Bertz CT molecular complexity index is 928. The first kappa shape index (κ1) is 20.8. The fraction of sp³-hybridized carbons (Fsp3) is 0.190. The van der Waals surface area contributed by atoms with Crippen molar-refractivity contribution in [1.82, 2.24) is 5.32 Å². The summed E-state index contributed by atoms with van der Waals surface area (Å²) in [7, 11) is 3.24. The van der Waals surface area contributed by atoms with Gasteiger partial charge in [0.15, 0.2) is 17.5 Å². The minimum atomic E-state index is 0. The van der Waals surface area contributed by atoms with Crippen LogP contribution in [0.1, 0.15) is 11.1 Å². The number of benzene rings is 3. The Morgan fingerprint density at radius 2 is 1.59 bits per heavy atom. The maximum absolute atomic E-state index is 5.99. The second kappa shape index (κ2) is 10.0. The number of rotatable bonds is 6. The van der Waals surface area contributed by atoms with Crippen LogP contribution >= 0.6 is 24.0 Å². The molecule has 0 heterocycles. The van der Waals surface area contributed by atoms with E-state index in [-0.39, 0.29) is 24.0 Å². The molecule has 0 amide bonds. The molecule has 0 aliphatic carbocycles. The molecule has 0 aliphatic rings. The van der Waals surface area contributed by atoms with Crippen molar-refractivity contribution in [2.24, 2.45) is 10.7 Å². The Kier molecular flexibility index (Phi) is 7.72. The van der Waals surface area contributed by atoms with Crippen LogP contribution in [0.3, 0.4) is 0 Å². The number of guanidine groups is 1. The Morgan fingerprint density at radius 1 is 0.889 bits per heavy atom. The Labute approximate surface area is 176 Å². The molecule has 0 saturated heterocycles. The van der Waals surface area contributed by atoms with Gasteiger partial charge in [-0.3, -0.25) is 0 Å². The van der Waals surface area contributed by atoms with Crippen molar-refractivity contribution < 1.29 is 9.47 Å². The molecule has 3 N–H and O–H groups in total. The zero-order chi connectivity index (χ0) is 18.4. The van der Waals surface area contributed by atoms with E-state index in [1.807, 2.05) is 30.3 Å². The number of methoxy groups -OCH3 is 2. The van der Waals surface area contributed by atoms with Crippen molar-refractivity contribution in [3.63, 3.8) is 0 Å². The second-order valence-electron chi connectivity index (χ2n) is 5.93. The van der Waals surface area contributed by atoms with Crippen LogP contribution in [-0.4, -0.2) is 20.2 Å². The van der Waals surface area contributed by atoms with E-state index in [0.717, 1.165) is 11.1 Å². The van der Waals surface area contributed by atoms with Crippen molar-refractivity contribution in [2.45, 2.75) is 13.1 Å². The van der Waals surface area contributed by atoms with Crippen LogP contribution in [0.4, 0.5) is 0 Å². The quantitative estimate of drug-likeness (QED) is 0.319. The van der Waals surface area contributed by atoms with E-state index in [2.05, 4.69) is 40.6 Å². The summed E-state index contributed by atoms with van der Waals surface area (Å²) in [5.74, 6) is 1.81. The van der Waals surface area contributed by atoms with Crippen molar-refractivity contribution in [3.8, 4) is 11.5 Å². The third-order valence-corrected chi connectivity index (χ3v) is 4.17. The van der Waals surface area contributed by atoms with E-state index in [4.69, 9.17) is 15.2 Å². The van der Waals surface area contributed by atoms with Gasteiger partial charge in [0.1, 0.15) is 0 Å². The number of fused-ring (bicyclic) bond motifs is 1. The molecule has 0 unspecified atom stereocenters. The van der Waals surface area contributed by atoms with E-state index in [1.54, 1.807) is 14.2 Å². The fourth-order valence-corrected chi connectivity index (χ4v) is 2.75. The number of aliphatic imine (C=N–C) groups is 1. The highest BCUT2D eigenvalue weighted by molar-refractivity contribution is 14.0. The molecular weight excluding hydrogens is 453 g/mol. The number of hydrogen-bond donors (Lipinski definition) is 2. The Hall–Kier alpha value is -2.48. The summed E-state index contributed by atoms with van der Waals surface area (Å²) >= 11 is 0. The molecular formula is C21H24IN3O2. The zero-order valence-electron chi connectivity index (χ0n) is 15.4. The van der Waals surface area contributed by atoms with Crippen LogP contribution < -0.4 is 20.5 Å². The summed E-state index contributed by atoms with van der Waals surface area (Å²) in [6.45, 7) is 1.10. The molecule has 0 saturated carbocycles. The molecule has 142 valence electrons. The summed E-state index contributed by atoms with van der Waals surface area (Å²) in [5.41, 5.74) is 8.15. The molecule has 27 heavy (non-hydrogen) atoms. The number of ether oxygens (including phenoxy) is 2. The van der Waals surface area contributed by atoms with E-state index < -0.39 is 0 Å². The lowest BCUT2D eigenvalue weighted by atomic mass is 10.1. The van der Waals surface area contributed by atoms with Gasteiger partial charge in [0, 0.05) is 6.54 Å². The van der Waals surface area contributed by atoms with Crippen molar-refractivity contribution in [1.29, 1.82) is 0 Å². The summed E-state index contributed by atoms with van der Waals surface area (Å²) in [6, 6.07) is 20.3. The predicted octanol–water partition coefficient (Wildman–Crippen LogP) is 4.08. The third-order valence-electron chi connectivity index (χ3n) is 4.17. The molecule has 5 nitrogen and oxygen atoms in total. The number of nitrogens with one attached hydrogen (secondary N) is 1. The summed E-state index contributed by atoms with van der Waals surface area (Å²) in [4.78, 5) is 4.42. The van der Waals surface area contributed by atoms with Gasteiger partial charge in [-0.05, 0) is 40.1 Å². The molecule has 3 rings (SSSR count). The topological polar surface area (TPSA) is 68.9 Å². The van der Waals surface area contributed by atoms with Crippen LogP contribution in [0.25, 0.3) is 10.8 Å². The number of nitrogens with two attached hydrogens (primary N) is 1. The fourth-order valence-electron chi connectivity index (χ4n) is 2.75. The largest absolute Gasteiger partial charge is 0.493 e. The number of hydrogen-bond acceptors (Lipinski definition) is 3. The van der Waals surface area contributed by atoms with Gasteiger partial charge in [-0.15, -0.1) is 24.0 Å². The highest BCUT2D eigenvalue weighted by Gasteiger charge is 2.04. The lowest BCUT2D eigenvalue weighted by Crippen LogP contribution is -2.31. The van der Waals surface area contributed by atoms with Gasteiger partial charge in [0.2, 0.25) is 0 Å². The lowest BCUT2D eigenvalue weighted by molar-refractivity contribution is 0.354. The maximum atomic E-state index is 5.99. The SMILES string of the molecule is COc1ccc(CNC(N)=NCc2ccc3ccccc3c2)cc1OC.I. The van der Waals surface area contributed by atoms with Crippen molar-refractivity contribution >= 4 is 40.7 Å². The van der Waals surface area contributed by atoms with Gasteiger partial charge in [0.05, 0.1) is 20.8 Å². The molecule has 0 bridgehead atoms. The van der Waals surface area contributed by atoms with Crippen LogP contribution in [0, 0.1) is 0 Å². The average molecular weight is 477 g/mol. The molecule has 0 aliphatic heterocycles. The molecule has 6 heteroatoms. The zero-order valence-corrected chi connectivity index (χ0v) is 17.8. The van der Waals surface area contributed by atoms with Crippen LogP contribution in [0.2, 0.25) is 0 Å². The van der Waals surface area contributed by atoms with E-state index >= 15 is 0 Å². The lowest BCUT2D eigenvalue weighted by Gasteiger charge is -2.10. The Balaban J connectivity index is 0.00000261. The predicted molar refractivity (Wildman–Crippen MR) is 121 cm³/mol. The van der Waals surface area contributed by atoms with Crippen molar-refractivity contribution in [3.05, 3.63) is 71.8 Å². The van der Waals surface area contributed by atoms with Crippen LogP contribution in [0.5, 0.6) is 11.5 Å². The first-order valence-electron chi connectivity index (χ1n) is 8.42. The summed E-state index contributed by atoms with van der Waals surface area (Å²) in [5, 5.41) is 5.55. The van der Waals surface area contributed by atoms with E-state index in [0.29, 0.717) is 30.5 Å². The van der Waals surface area contributed by atoms with Gasteiger partial charge < -0.3 is 20.5 Å². The van der Waals surface area contributed by atoms with Gasteiger partial charge in [-0.25, -0.2) is 4.99 Å². The average Bonchev–Trinajstić information content (AvgIpc) is 2.70. The maximum Gasteiger partial charge on any atom is 0.189 e. The molecule has 0 atom stereocenters. The van der Waals surface area contributed by atoms with Crippen molar-refractivity contribution in [2.75, 3.05) is 14.2 Å². The summed E-state index contributed by atoms with van der Waals surface area (Å²) < 4.78 is 10.6. The van der Waals surface area contributed by atoms with Gasteiger partial charge in [-0.1, -0.05) is 42.5 Å². The molecule has 3 aromatic rings. The number of halogens is 1. The normalized spacial score (nSPS) is 11.0. The van der Waals surface area contributed by atoms with E-state index in [9.17, 15) is 0 Å². The highest BCUT2D eigenvalue weighted by atomic mass is 127. The van der Waals surface area contributed by atoms with Crippen LogP contribution in [0.15, 0.2) is 65.7 Å².